The molecule has 2 rings (SSSR count). The first kappa shape index (κ1) is 16.0. The SMILES string of the molecule is N#Cc1ccc(C(=O)N/N=C\c2ccc(Cl)cc2Cl)c(F)c1. The van der Waals surface area contributed by atoms with Crippen LogP contribution in [0.4, 0.5) is 4.39 Å². The summed E-state index contributed by atoms with van der Waals surface area (Å²) in [4.78, 5) is 11.8. The summed E-state index contributed by atoms with van der Waals surface area (Å²) in [5, 5.41) is 13.2. The van der Waals surface area contributed by atoms with E-state index in [-0.39, 0.29) is 11.1 Å². The highest BCUT2D eigenvalue weighted by Crippen LogP contribution is 2.19. The van der Waals surface area contributed by atoms with Crippen LogP contribution in [-0.2, 0) is 0 Å². The maximum Gasteiger partial charge on any atom is 0.274 e. The maximum absolute atomic E-state index is 13.6. The highest BCUT2D eigenvalue weighted by atomic mass is 35.5. The average Bonchev–Trinajstić information content (AvgIpc) is 2.49. The lowest BCUT2D eigenvalue weighted by Crippen LogP contribution is -2.19. The number of benzene rings is 2. The Morgan fingerprint density at radius 1 is 1.27 bits per heavy atom. The first-order valence-corrected chi connectivity index (χ1v) is 6.75. The maximum atomic E-state index is 13.6. The Balaban J connectivity index is 2.10. The molecule has 0 fully saturated rings. The third kappa shape index (κ3) is 3.82. The number of nitrogens with one attached hydrogen (secondary N) is 1. The second-order valence-electron chi connectivity index (χ2n) is 4.17. The van der Waals surface area contributed by atoms with Crippen molar-refractivity contribution in [1.29, 1.82) is 5.26 Å². The zero-order valence-corrected chi connectivity index (χ0v) is 12.5. The number of halogens is 3. The quantitative estimate of drug-likeness (QED) is 0.685. The third-order valence-electron chi connectivity index (χ3n) is 2.68. The first-order valence-electron chi connectivity index (χ1n) is 5.99. The molecule has 0 bridgehead atoms. The van der Waals surface area contributed by atoms with Crippen molar-refractivity contribution in [2.75, 3.05) is 0 Å². The minimum Gasteiger partial charge on any atom is -0.267 e. The van der Waals surface area contributed by atoms with E-state index in [2.05, 4.69) is 10.5 Å². The smallest absolute Gasteiger partial charge is 0.267 e. The van der Waals surface area contributed by atoms with Crippen molar-refractivity contribution < 1.29 is 9.18 Å². The summed E-state index contributed by atoms with van der Waals surface area (Å²) < 4.78 is 13.6. The molecule has 7 heteroatoms. The van der Waals surface area contributed by atoms with Crippen LogP contribution in [0.2, 0.25) is 10.0 Å². The molecule has 0 aliphatic carbocycles. The van der Waals surface area contributed by atoms with Crippen LogP contribution >= 0.6 is 23.2 Å². The molecule has 0 spiro atoms. The van der Waals surface area contributed by atoms with Gasteiger partial charge in [-0.2, -0.15) is 10.4 Å². The average molecular weight is 336 g/mol. The van der Waals surface area contributed by atoms with E-state index >= 15 is 0 Å². The van der Waals surface area contributed by atoms with Crippen LogP contribution in [0.15, 0.2) is 41.5 Å². The summed E-state index contributed by atoms with van der Waals surface area (Å²) in [5.41, 5.74) is 2.65. The van der Waals surface area contributed by atoms with Crippen molar-refractivity contribution in [3.8, 4) is 6.07 Å². The van der Waals surface area contributed by atoms with Gasteiger partial charge < -0.3 is 0 Å². The van der Waals surface area contributed by atoms with Crippen LogP contribution in [0.25, 0.3) is 0 Å². The van der Waals surface area contributed by atoms with Crippen molar-refractivity contribution in [3.05, 3.63) is 69.0 Å². The molecule has 0 unspecified atom stereocenters. The number of carbonyl (C=O) groups is 1. The standard InChI is InChI=1S/C15H8Cl2FN3O/c16-11-3-2-10(13(17)6-11)8-20-21-15(22)12-4-1-9(7-19)5-14(12)18/h1-6,8H,(H,21,22)/b20-8-. The summed E-state index contributed by atoms with van der Waals surface area (Å²) in [6.07, 6.45) is 1.32. The fraction of sp³-hybridized carbons (Fsp3) is 0. The molecule has 0 aromatic heterocycles. The second-order valence-corrected chi connectivity index (χ2v) is 5.02. The molecule has 0 radical (unpaired) electrons. The molecule has 0 saturated carbocycles. The lowest BCUT2D eigenvalue weighted by molar-refractivity contribution is 0.0951. The van der Waals surface area contributed by atoms with Crippen molar-refractivity contribution >= 4 is 35.3 Å². The topological polar surface area (TPSA) is 65.2 Å². The van der Waals surface area contributed by atoms with Gasteiger partial charge in [0.15, 0.2) is 0 Å². The third-order valence-corrected chi connectivity index (χ3v) is 3.24. The minimum absolute atomic E-state index is 0.130. The molecule has 2 aromatic carbocycles. The van der Waals surface area contributed by atoms with Gasteiger partial charge >= 0.3 is 0 Å². The van der Waals surface area contributed by atoms with E-state index in [1.54, 1.807) is 18.2 Å². The van der Waals surface area contributed by atoms with Gasteiger partial charge in [-0.15, -0.1) is 0 Å². The normalized spacial score (nSPS) is 10.5. The molecular weight excluding hydrogens is 328 g/mol. The molecule has 1 amide bonds. The summed E-state index contributed by atoms with van der Waals surface area (Å²) >= 11 is 11.7. The Kier molecular flexibility index (Phi) is 5.10. The summed E-state index contributed by atoms with van der Waals surface area (Å²) in [5.74, 6) is -1.53. The molecular formula is C15H8Cl2FN3O. The highest BCUT2D eigenvalue weighted by molar-refractivity contribution is 6.36. The van der Waals surface area contributed by atoms with Crippen LogP contribution in [-0.4, -0.2) is 12.1 Å². The summed E-state index contributed by atoms with van der Waals surface area (Å²) in [7, 11) is 0. The lowest BCUT2D eigenvalue weighted by Gasteiger charge is -2.02. The van der Waals surface area contributed by atoms with Gasteiger partial charge in [0.05, 0.1) is 28.4 Å². The number of hydrazone groups is 1. The van der Waals surface area contributed by atoms with E-state index in [0.29, 0.717) is 15.6 Å². The number of amides is 1. The largest absolute Gasteiger partial charge is 0.274 e. The van der Waals surface area contributed by atoms with Crippen molar-refractivity contribution in [2.24, 2.45) is 5.10 Å². The van der Waals surface area contributed by atoms with Gasteiger partial charge in [-0.1, -0.05) is 29.3 Å². The van der Waals surface area contributed by atoms with E-state index in [1.165, 1.54) is 24.4 Å². The molecule has 110 valence electrons. The van der Waals surface area contributed by atoms with Gasteiger partial charge in [-0.25, -0.2) is 9.82 Å². The lowest BCUT2D eigenvalue weighted by atomic mass is 10.1. The molecule has 2 aromatic rings. The molecule has 4 nitrogen and oxygen atoms in total. The van der Waals surface area contributed by atoms with Gasteiger partial charge in [-0.05, 0) is 30.3 Å². The number of carbonyl (C=O) groups excluding carboxylic acids is 1. The fourth-order valence-electron chi connectivity index (χ4n) is 1.60. The molecule has 0 aliphatic rings. The van der Waals surface area contributed by atoms with Gasteiger partial charge in [-0.3, -0.25) is 4.79 Å². The highest BCUT2D eigenvalue weighted by Gasteiger charge is 2.11. The zero-order valence-electron chi connectivity index (χ0n) is 11.0. The van der Waals surface area contributed by atoms with Crippen LogP contribution in [0.5, 0.6) is 0 Å². The summed E-state index contributed by atoms with van der Waals surface area (Å²) in [6.45, 7) is 0. The number of hydrogen-bond acceptors (Lipinski definition) is 3. The Labute approximate surface area is 135 Å². The minimum atomic E-state index is -0.795. The van der Waals surface area contributed by atoms with Crippen LogP contribution in [0.3, 0.4) is 0 Å². The van der Waals surface area contributed by atoms with E-state index < -0.39 is 11.7 Å². The Bertz CT molecular complexity index is 800. The number of nitrogens with zero attached hydrogens (tertiary/aromatic N) is 2. The van der Waals surface area contributed by atoms with Gasteiger partial charge in [0.25, 0.3) is 5.91 Å². The Morgan fingerprint density at radius 2 is 2.05 bits per heavy atom. The molecule has 0 aliphatic heterocycles. The van der Waals surface area contributed by atoms with E-state index in [4.69, 9.17) is 28.5 Å². The van der Waals surface area contributed by atoms with Crippen molar-refractivity contribution in [2.45, 2.75) is 0 Å². The first-order chi connectivity index (χ1) is 10.5. The molecule has 1 N–H and O–H groups in total. The molecule has 0 saturated heterocycles. The predicted molar refractivity (Wildman–Crippen MR) is 82.6 cm³/mol. The van der Waals surface area contributed by atoms with Gasteiger partial charge in [0.2, 0.25) is 0 Å². The summed E-state index contributed by atoms with van der Waals surface area (Å²) in [6, 6.07) is 10.1. The predicted octanol–water partition coefficient (Wildman–Crippen LogP) is 3.77. The monoisotopic (exact) mass is 335 g/mol. The number of hydrogen-bond donors (Lipinski definition) is 1. The van der Waals surface area contributed by atoms with E-state index in [0.717, 1.165) is 6.07 Å². The number of rotatable bonds is 3. The fourth-order valence-corrected chi connectivity index (χ4v) is 2.05. The molecule has 0 atom stereocenters. The Morgan fingerprint density at radius 3 is 2.68 bits per heavy atom. The van der Waals surface area contributed by atoms with E-state index in [9.17, 15) is 9.18 Å². The van der Waals surface area contributed by atoms with Gasteiger partial charge in [0.1, 0.15) is 5.82 Å². The van der Waals surface area contributed by atoms with Crippen molar-refractivity contribution in [3.63, 3.8) is 0 Å². The van der Waals surface area contributed by atoms with Crippen LogP contribution < -0.4 is 5.43 Å². The molecule has 0 heterocycles. The Hall–Kier alpha value is -2.42. The van der Waals surface area contributed by atoms with E-state index in [1.807, 2.05) is 0 Å². The van der Waals surface area contributed by atoms with Crippen LogP contribution in [0.1, 0.15) is 21.5 Å². The van der Waals surface area contributed by atoms with Gasteiger partial charge in [0, 0.05) is 10.6 Å². The number of nitriles is 1. The second kappa shape index (κ2) is 7.03. The van der Waals surface area contributed by atoms with Crippen molar-refractivity contribution in [1.82, 2.24) is 5.43 Å². The molecule has 22 heavy (non-hydrogen) atoms. The zero-order chi connectivity index (χ0) is 16.1. The van der Waals surface area contributed by atoms with Crippen LogP contribution in [0, 0.1) is 17.1 Å².